The summed E-state index contributed by atoms with van der Waals surface area (Å²) in [5.74, 6) is 0.464. The van der Waals surface area contributed by atoms with Gasteiger partial charge in [0.2, 0.25) is 0 Å². The molecular weight excluding hydrogens is 394 g/mol. The van der Waals surface area contributed by atoms with Gasteiger partial charge in [-0.1, -0.05) is 60.6 Å². The maximum atomic E-state index is 11.3. The van der Waals surface area contributed by atoms with E-state index in [1.165, 1.54) is 5.56 Å². The molecule has 1 aromatic heterocycles. The summed E-state index contributed by atoms with van der Waals surface area (Å²) in [5.41, 5.74) is 3.05. The molecule has 1 aromatic carbocycles. The SMILES string of the molecule is C=CCCC(CC(C)(C)C)c1ccc2c(c1)cc(C=O)n2CC#N.CC.CC.CN(C)C. The molecule has 32 heavy (non-hydrogen) atoms. The summed E-state index contributed by atoms with van der Waals surface area (Å²) >= 11 is 0. The second kappa shape index (κ2) is 17.2. The molecule has 0 saturated heterocycles. The minimum absolute atomic E-state index is 0.193. The molecule has 0 aliphatic heterocycles. The Morgan fingerprint density at radius 1 is 1.12 bits per heavy atom. The van der Waals surface area contributed by atoms with Gasteiger partial charge in [-0.2, -0.15) is 5.26 Å². The van der Waals surface area contributed by atoms with E-state index in [-0.39, 0.29) is 12.0 Å². The number of aromatic nitrogens is 1. The molecule has 2 aromatic rings. The largest absolute Gasteiger partial charge is 0.324 e. The van der Waals surface area contributed by atoms with Crippen molar-refractivity contribution in [2.75, 3.05) is 21.1 Å². The fraction of sp³-hybridized carbons (Fsp3) is 0.571. The summed E-state index contributed by atoms with van der Waals surface area (Å²) in [7, 11) is 6.00. The lowest BCUT2D eigenvalue weighted by molar-refractivity contribution is 0.111. The van der Waals surface area contributed by atoms with E-state index in [9.17, 15) is 4.79 Å². The highest BCUT2D eigenvalue weighted by Gasteiger charge is 2.20. The van der Waals surface area contributed by atoms with Gasteiger partial charge in [0.15, 0.2) is 6.29 Å². The highest BCUT2D eigenvalue weighted by molar-refractivity contribution is 5.89. The summed E-state index contributed by atoms with van der Waals surface area (Å²) in [4.78, 5) is 13.3. The fourth-order valence-electron chi connectivity index (χ4n) is 3.35. The first-order chi connectivity index (χ1) is 15.1. The molecule has 0 saturated carbocycles. The number of hydrogen-bond donors (Lipinski definition) is 0. The van der Waals surface area contributed by atoms with Crippen LogP contribution in [-0.2, 0) is 6.54 Å². The van der Waals surface area contributed by atoms with Crippen LogP contribution in [0.5, 0.6) is 0 Å². The smallest absolute Gasteiger partial charge is 0.166 e. The molecule has 4 heteroatoms. The van der Waals surface area contributed by atoms with Crippen LogP contribution in [0.1, 0.15) is 89.7 Å². The van der Waals surface area contributed by atoms with Crippen molar-refractivity contribution in [2.45, 2.75) is 80.2 Å². The van der Waals surface area contributed by atoms with Crippen molar-refractivity contribution in [3.05, 3.63) is 48.2 Å². The first-order valence-electron chi connectivity index (χ1n) is 11.8. The van der Waals surface area contributed by atoms with Crippen molar-refractivity contribution in [3.8, 4) is 6.07 Å². The Balaban J connectivity index is 0. The molecule has 0 bridgehead atoms. The molecule has 0 aliphatic rings. The molecule has 0 N–H and O–H groups in total. The van der Waals surface area contributed by atoms with E-state index in [0.29, 0.717) is 11.6 Å². The zero-order chi connectivity index (χ0) is 25.3. The van der Waals surface area contributed by atoms with Crippen LogP contribution in [0.4, 0.5) is 0 Å². The van der Waals surface area contributed by atoms with Gasteiger partial charge in [0.05, 0.1) is 11.8 Å². The maximum absolute atomic E-state index is 11.3. The highest BCUT2D eigenvalue weighted by Crippen LogP contribution is 2.36. The van der Waals surface area contributed by atoms with Crippen molar-refractivity contribution >= 4 is 17.2 Å². The Morgan fingerprint density at radius 3 is 2.12 bits per heavy atom. The van der Waals surface area contributed by atoms with Gasteiger partial charge in [-0.05, 0) is 75.5 Å². The normalized spacial score (nSPS) is 11.1. The van der Waals surface area contributed by atoms with E-state index >= 15 is 0 Å². The quantitative estimate of drug-likeness (QED) is 0.327. The summed E-state index contributed by atoms with van der Waals surface area (Å²) < 4.78 is 1.77. The molecule has 1 heterocycles. The zero-order valence-electron chi connectivity index (χ0n) is 22.3. The van der Waals surface area contributed by atoms with Crippen molar-refractivity contribution in [2.24, 2.45) is 5.41 Å². The number of aldehydes is 1. The lowest BCUT2D eigenvalue weighted by Crippen LogP contribution is -2.12. The maximum Gasteiger partial charge on any atom is 0.166 e. The first kappa shape index (κ1) is 31.8. The molecule has 0 spiro atoms. The second-order valence-electron chi connectivity index (χ2n) is 8.92. The molecule has 1 atom stereocenters. The third-order valence-electron chi connectivity index (χ3n) is 4.36. The number of fused-ring (bicyclic) bond motifs is 1. The number of nitriles is 1. The van der Waals surface area contributed by atoms with Gasteiger partial charge in [-0.25, -0.2) is 0 Å². The van der Waals surface area contributed by atoms with E-state index < -0.39 is 0 Å². The average Bonchev–Trinajstić information content (AvgIpc) is 3.10. The van der Waals surface area contributed by atoms with Gasteiger partial charge in [0.25, 0.3) is 0 Å². The van der Waals surface area contributed by atoms with Gasteiger partial charge in [0, 0.05) is 10.9 Å². The molecule has 0 fully saturated rings. The minimum Gasteiger partial charge on any atom is -0.324 e. The Morgan fingerprint density at radius 2 is 1.69 bits per heavy atom. The lowest BCUT2D eigenvalue weighted by atomic mass is 9.79. The summed E-state index contributed by atoms with van der Waals surface area (Å²) in [6, 6.07) is 10.4. The number of allylic oxidation sites excluding steroid dienone is 1. The predicted molar refractivity (Wildman–Crippen MR) is 141 cm³/mol. The summed E-state index contributed by atoms with van der Waals surface area (Å²) in [6.45, 7) is 18.8. The molecule has 1 unspecified atom stereocenters. The summed E-state index contributed by atoms with van der Waals surface area (Å²) in [5, 5.41) is 10.0. The van der Waals surface area contributed by atoms with Crippen molar-refractivity contribution in [1.82, 2.24) is 9.47 Å². The molecular formula is C28H47N3O. The van der Waals surface area contributed by atoms with Gasteiger partial charge in [-0.3, -0.25) is 4.79 Å². The van der Waals surface area contributed by atoms with Crippen LogP contribution in [0.25, 0.3) is 10.9 Å². The van der Waals surface area contributed by atoms with E-state index in [1.807, 2.05) is 71.9 Å². The number of rotatable bonds is 7. The minimum atomic E-state index is 0.193. The number of carbonyl (C=O) groups is 1. The molecule has 0 radical (unpaired) electrons. The van der Waals surface area contributed by atoms with Crippen molar-refractivity contribution in [1.29, 1.82) is 5.26 Å². The zero-order valence-corrected chi connectivity index (χ0v) is 22.3. The highest BCUT2D eigenvalue weighted by atomic mass is 16.1. The Bertz CT molecular complexity index is 817. The topological polar surface area (TPSA) is 49.0 Å². The monoisotopic (exact) mass is 441 g/mol. The molecule has 2 rings (SSSR count). The Kier molecular flexibility index (Phi) is 17.1. The predicted octanol–water partition coefficient (Wildman–Crippen LogP) is 7.69. The van der Waals surface area contributed by atoms with Gasteiger partial charge >= 0.3 is 0 Å². The lowest BCUT2D eigenvalue weighted by Gasteiger charge is -2.26. The number of benzene rings is 1. The molecule has 0 amide bonds. The fourth-order valence-corrected chi connectivity index (χ4v) is 3.35. The molecule has 4 nitrogen and oxygen atoms in total. The average molecular weight is 442 g/mol. The van der Waals surface area contributed by atoms with Crippen LogP contribution < -0.4 is 0 Å². The van der Waals surface area contributed by atoms with Crippen LogP contribution in [-0.4, -0.2) is 36.9 Å². The van der Waals surface area contributed by atoms with Gasteiger partial charge < -0.3 is 9.47 Å². The van der Waals surface area contributed by atoms with Gasteiger partial charge in [-0.15, -0.1) is 6.58 Å². The van der Waals surface area contributed by atoms with Crippen LogP contribution >= 0.6 is 0 Å². The van der Waals surface area contributed by atoms with Crippen molar-refractivity contribution in [3.63, 3.8) is 0 Å². The second-order valence-corrected chi connectivity index (χ2v) is 8.92. The standard InChI is InChI=1S/C21H26N2O.C3H9N.2C2H6/c1-5-6-7-17(14-21(2,3)4)16-8-9-20-18(12-16)13-19(15-24)23(20)11-10-22;1-4(2)3;2*1-2/h5,8-9,12-13,15,17H,1,6-7,11,14H2,2-4H3;1-3H3;2*1-2H3. The summed E-state index contributed by atoms with van der Waals surface area (Å²) in [6.07, 6.45) is 5.97. The number of carbonyl (C=O) groups excluding carboxylic acids is 1. The van der Waals surface area contributed by atoms with E-state index in [4.69, 9.17) is 5.26 Å². The van der Waals surface area contributed by atoms with Crippen LogP contribution in [0.15, 0.2) is 36.9 Å². The number of nitrogens with zero attached hydrogens (tertiary/aromatic N) is 3. The third-order valence-corrected chi connectivity index (χ3v) is 4.36. The Hall–Kier alpha value is -2.38. The van der Waals surface area contributed by atoms with Gasteiger partial charge in [0.1, 0.15) is 6.54 Å². The Labute approximate surface area is 197 Å². The van der Waals surface area contributed by atoms with E-state index in [2.05, 4.69) is 45.6 Å². The third kappa shape index (κ3) is 11.9. The molecule has 0 aliphatic carbocycles. The first-order valence-corrected chi connectivity index (χ1v) is 11.8. The molecule has 180 valence electrons. The van der Waals surface area contributed by atoms with Crippen LogP contribution in [0.2, 0.25) is 0 Å². The van der Waals surface area contributed by atoms with E-state index in [0.717, 1.165) is 36.5 Å². The van der Waals surface area contributed by atoms with Crippen molar-refractivity contribution < 1.29 is 4.79 Å². The van der Waals surface area contributed by atoms with Crippen LogP contribution in [0, 0.1) is 16.7 Å². The number of hydrogen-bond acceptors (Lipinski definition) is 3. The van der Waals surface area contributed by atoms with Crippen LogP contribution in [0.3, 0.4) is 0 Å². The van der Waals surface area contributed by atoms with E-state index in [1.54, 1.807) is 4.57 Å².